The topological polar surface area (TPSA) is 51.1 Å². The number of aliphatic imine (C=N–C) groups is 1. The Morgan fingerprint density at radius 1 is 1.23 bits per heavy atom. The highest BCUT2D eigenvalue weighted by molar-refractivity contribution is 8.14. The molecule has 26 heavy (non-hydrogen) atoms. The number of nitrogens with zero attached hydrogens (tertiary/aromatic N) is 2. The second-order valence-corrected chi connectivity index (χ2v) is 7.08. The van der Waals surface area contributed by atoms with Gasteiger partial charge in [0.15, 0.2) is 23.3 Å². The molecule has 1 aliphatic heterocycles. The average molecular weight is 391 g/mol. The summed E-state index contributed by atoms with van der Waals surface area (Å²) < 4.78 is 10.9. The van der Waals surface area contributed by atoms with E-state index < -0.39 is 0 Å². The second-order valence-electron chi connectivity index (χ2n) is 5.61. The van der Waals surface area contributed by atoms with Gasteiger partial charge in [0.1, 0.15) is 0 Å². The largest absolute Gasteiger partial charge is 0.493 e. The van der Waals surface area contributed by atoms with E-state index in [2.05, 4.69) is 4.99 Å². The van der Waals surface area contributed by atoms with Crippen LogP contribution in [0.25, 0.3) is 0 Å². The molecule has 2 aromatic carbocycles. The van der Waals surface area contributed by atoms with Gasteiger partial charge in [-0.1, -0.05) is 41.6 Å². The Balaban J connectivity index is 1.72. The summed E-state index contributed by atoms with van der Waals surface area (Å²) in [5, 5.41) is 1.33. The van der Waals surface area contributed by atoms with Crippen LogP contribution in [0, 0.1) is 6.92 Å². The molecule has 1 fully saturated rings. The van der Waals surface area contributed by atoms with E-state index in [1.165, 1.54) is 0 Å². The molecule has 0 aromatic heterocycles. The first-order valence-corrected chi connectivity index (χ1v) is 9.49. The number of benzene rings is 2. The summed E-state index contributed by atoms with van der Waals surface area (Å²) in [5.41, 5.74) is 1.66. The number of amides is 1. The molecule has 0 atom stereocenters. The van der Waals surface area contributed by atoms with Gasteiger partial charge in [0, 0.05) is 17.3 Å². The fourth-order valence-electron chi connectivity index (χ4n) is 2.50. The molecule has 0 unspecified atom stereocenters. The van der Waals surface area contributed by atoms with Crippen LogP contribution in [0.5, 0.6) is 11.5 Å². The molecule has 0 saturated carbocycles. The van der Waals surface area contributed by atoms with Crippen LogP contribution in [0.4, 0.5) is 5.69 Å². The minimum absolute atomic E-state index is 0.0749. The van der Waals surface area contributed by atoms with E-state index in [9.17, 15) is 4.79 Å². The summed E-state index contributed by atoms with van der Waals surface area (Å²) >= 11 is 7.71. The van der Waals surface area contributed by atoms with Gasteiger partial charge in [-0.25, -0.2) is 4.99 Å². The summed E-state index contributed by atoms with van der Waals surface area (Å²) in [6.07, 6.45) is 0. The molecule has 0 radical (unpaired) electrons. The molecule has 2 aromatic rings. The number of hydrogen-bond donors (Lipinski definition) is 0. The number of hydrogen-bond acceptors (Lipinski definition) is 5. The van der Waals surface area contributed by atoms with E-state index in [4.69, 9.17) is 21.1 Å². The van der Waals surface area contributed by atoms with Crippen LogP contribution >= 0.6 is 23.4 Å². The molecule has 0 bridgehead atoms. The Bertz CT molecular complexity index is 841. The maximum absolute atomic E-state index is 12.6. The lowest BCUT2D eigenvalue weighted by atomic mass is 10.2. The van der Waals surface area contributed by atoms with E-state index in [1.54, 1.807) is 35.9 Å². The number of halogens is 1. The fraction of sp³-hybridized carbons (Fsp3) is 0.263. The lowest BCUT2D eigenvalue weighted by Crippen LogP contribution is -2.35. The van der Waals surface area contributed by atoms with Crippen LogP contribution < -0.4 is 9.47 Å². The summed E-state index contributed by atoms with van der Waals surface area (Å²) in [6.45, 7) is 2.45. The zero-order valence-corrected chi connectivity index (χ0v) is 16.1. The molecule has 0 N–H and O–H groups in total. The Morgan fingerprint density at radius 3 is 2.77 bits per heavy atom. The van der Waals surface area contributed by atoms with E-state index in [1.807, 2.05) is 37.3 Å². The van der Waals surface area contributed by atoms with Crippen molar-refractivity contribution in [2.45, 2.75) is 6.92 Å². The van der Waals surface area contributed by atoms with E-state index in [0.717, 1.165) is 17.0 Å². The molecule has 1 aliphatic rings. The van der Waals surface area contributed by atoms with Gasteiger partial charge in [-0.05, 0) is 36.8 Å². The lowest BCUT2D eigenvalue weighted by molar-refractivity contribution is -0.129. The zero-order valence-electron chi connectivity index (χ0n) is 14.6. The third-order valence-electron chi connectivity index (χ3n) is 3.95. The quantitative estimate of drug-likeness (QED) is 0.763. The van der Waals surface area contributed by atoms with E-state index >= 15 is 0 Å². The second kappa shape index (κ2) is 8.47. The van der Waals surface area contributed by atoms with Crippen molar-refractivity contribution in [2.24, 2.45) is 4.99 Å². The van der Waals surface area contributed by atoms with Crippen LogP contribution in [0.2, 0.25) is 5.02 Å². The van der Waals surface area contributed by atoms with Gasteiger partial charge in [0.2, 0.25) is 0 Å². The summed E-state index contributed by atoms with van der Waals surface area (Å²) in [4.78, 5) is 18.9. The molecule has 136 valence electrons. The predicted molar refractivity (Wildman–Crippen MR) is 106 cm³/mol. The summed E-state index contributed by atoms with van der Waals surface area (Å²) in [5.74, 6) is 1.80. The Hall–Kier alpha value is -2.18. The van der Waals surface area contributed by atoms with Gasteiger partial charge in [-0.3, -0.25) is 9.69 Å². The van der Waals surface area contributed by atoms with Crippen LogP contribution in [-0.2, 0) is 4.79 Å². The Labute approximate surface area is 162 Å². The highest BCUT2D eigenvalue weighted by atomic mass is 35.5. The van der Waals surface area contributed by atoms with Crippen LogP contribution in [0.15, 0.2) is 47.5 Å². The number of carbonyl (C=O) groups excluding carboxylic acids is 1. The first-order chi connectivity index (χ1) is 12.6. The monoisotopic (exact) mass is 390 g/mol. The van der Waals surface area contributed by atoms with Crippen molar-refractivity contribution in [3.8, 4) is 11.5 Å². The van der Waals surface area contributed by atoms with Crippen molar-refractivity contribution >= 4 is 40.1 Å². The van der Waals surface area contributed by atoms with Gasteiger partial charge < -0.3 is 9.47 Å². The first kappa shape index (κ1) is 18.6. The number of para-hydroxylation sites is 2. The highest BCUT2D eigenvalue weighted by Crippen LogP contribution is 2.29. The van der Waals surface area contributed by atoms with Crippen molar-refractivity contribution in [1.82, 2.24) is 4.90 Å². The molecule has 1 saturated heterocycles. The molecule has 5 nitrogen and oxygen atoms in total. The lowest BCUT2D eigenvalue weighted by Gasteiger charge is -2.17. The smallest absolute Gasteiger partial charge is 0.266 e. The first-order valence-electron chi connectivity index (χ1n) is 8.13. The number of methoxy groups -OCH3 is 1. The predicted octanol–water partition coefficient (Wildman–Crippen LogP) is 4.30. The normalized spacial score (nSPS) is 15.3. The van der Waals surface area contributed by atoms with Crippen molar-refractivity contribution in [1.29, 1.82) is 0 Å². The molecule has 1 amide bonds. The van der Waals surface area contributed by atoms with Crippen LogP contribution in [0.1, 0.15) is 5.56 Å². The van der Waals surface area contributed by atoms with E-state index in [0.29, 0.717) is 28.2 Å². The molecular weight excluding hydrogens is 372 g/mol. The molecule has 0 aliphatic carbocycles. The Kier molecular flexibility index (Phi) is 6.06. The minimum Gasteiger partial charge on any atom is -0.493 e. The Morgan fingerprint density at radius 2 is 2.00 bits per heavy atom. The van der Waals surface area contributed by atoms with Gasteiger partial charge in [-0.15, -0.1) is 0 Å². The van der Waals surface area contributed by atoms with E-state index in [-0.39, 0.29) is 12.5 Å². The molecule has 1 heterocycles. The number of rotatable bonds is 5. The molecule has 0 spiro atoms. The number of thioether (sulfide) groups is 1. The number of carbonyl (C=O) groups is 1. The van der Waals surface area contributed by atoms with Gasteiger partial charge in [0.25, 0.3) is 5.91 Å². The molecular formula is C19H19ClN2O3S. The van der Waals surface area contributed by atoms with Crippen molar-refractivity contribution in [2.75, 3.05) is 26.0 Å². The highest BCUT2D eigenvalue weighted by Gasteiger charge is 2.26. The average Bonchev–Trinajstić information content (AvgIpc) is 3.12. The number of amidine groups is 1. The zero-order chi connectivity index (χ0) is 18.5. The summed E-state index contributed by atoms with van der Waals surface area (Å²) in [7, 11) is 1.57. The van der Waals surface area contributed by atoms with Gasteiger partial charge >= 0.3 is 0 Å². The minimum atomic E-state index is -0.140. The van der Waals surface area contributed by atoms with Gasteiger partial charge in [0.05, 0.1) is 12.8 Å². The van der Waals surface area contributed by atoms with Gasteiger partial charge in [-0.2, -0.15) is 0 Å². The maximum Gasteiger partial charge on any atom is 0.266 e. The maximum atomic E-state index is 12.6. The third kappa shape index (κ3) is 4.14. The standard InChI is InChI=1S/C19H19ClN2O3S/c1-13-14(20)6-5-7-15(13)21-19-22(10-11-26-19)18(23)12-25-17-9-4-3-8-16(17)24-2/h3-9H,10-12H2,1-2H3. The SMILES string of the molecule is COc1ccccc1OCC(=O)N1CCSC1=Nc1cccc(Cl)c1C. The van der Waals surface area contributed by atoms with Crippen LogP contribution in [-0.4, -0.2) is 42.0 Å². The fourth-order valence-corrected chi connectivity index (χ4v) is 3.64. The molecule has 3 rings (SSSR count). The van der Waals surface area contributed by atoms with Crippen molar-refractivity contribution in [3.05, 3.63) is 53.1 Å². The third-order valence-corrected chi connectivity index (χ3v) is 5.32. The van der Waals surface area contributed by atoms with Crippen molar-refractivity contribution in [3.63, 3.8) is 0 Å². The van der Waals surface area contributed by atoms with Crippen molar-refractivity contribution < 1.29 is 14.3 Å². The summed E-state index contributed by atoms with van der Waals surface area (Å²) in [6, 6.07) is 12.8. The number of ether oxygens (including phenoxy) is 2. The van der Waals surface area contributed by atoms with Crippen LogP contribution in [0.3, 0.4) is 0 Å². The molecule has 7 heteroatoms.